The van der Waals surface area contributed by atoms with Gasteiger partial charge in [-0.3, -0.25) is 0 Å². The molecular weight excluding hydrogens is 295 g/mol. The van der Waals surface area contributed by atoms with Gasteiger partial charge in [0.25, 0.3) is 0 Å². The summed E-state index contributed by atoms with van der Waals surface area (Å²) in [6.07, 6.45) is 2.20. The second-order valence-electron chi connectivity index (χ2n) is 5.08. The average Bonchev–Trinajstić information content (AvgIpc) is 3.02. The molecule has 0 radical (unpaired) electrons. The lowest BCUT2D eigenvalue weighted by atomic mass is 10.2. The molecule has 1 aliphatic rings. The minimum Gasteiger partial charge on any atom is -0.314 e. The normalized spacial score (nSPS) is 15.3. The van der Waals surface area contributed by atoms with Crippen LogP contribution in [0.1, 0.15) is 36.6 Å². The number of aromatic nitrogens is 3. The van der Waals surface area contributed by atoms with Crippen LogP contribution in [0.5, 0.6) is 0 Å². The molecule has 0 spiro atoms. The highest BCUT2D eigenvalue weighted by atomic mass is 35.5. The summed E-state index contributed by atoms with van der Waals surface area (Å²) in [6, 6.07) is 5.84. The molecule has 1 atom stereocenters. The number of nitrogens with zero attached hydrogens (tertiary/aromatic N) is 3. The van der Waals surface area contributed by atoms with E-state index >= 15 is 0 Å². The van der Waals surface area contributed by atoms with Gasteiger partial charge in [-0.05, 0) is 31.0 Å². The molecule has 0 fully saturated rings. The van der Waals surface area contributed by atoms with Crippen molar-refractivity contribution in [3.8, 4) is 0 Å². The summed E-state index contributed by atoms with van der Waals surface area (Å²) in [5.41, 5.74) is 1.10. The Morgan fingerprint density at radius 1 is 1.30 bits per heavy atom. The number of aryl methyl sites for hydroxylation is 1. The molecule has 0 saturated heterocycles. The molecule has 1 aromatic carbocycles. The highest BCUT2D eigenvalue weighted by molar-refractivity contribution is 6.42. The Balaban J connectivity index is 1.67. The van der Waals surface area contributed by atoms with Gasteiger partial charge in [-0.25, -0.2) is 0 Å². The number of halogens is 2. The van der Waals surface area contributed by atoms with Gasteiger partial charge >= 0.3 is 0 Å². The number of nitrogens with one attached hydrogen (secondary N) is 1. The van der Waals surface area contributed by atoms with Crippen molar-refractivity contribution in [3.05, 3.63) is 45.5 Å². The Morgan fingerprint density at radius 3 is 2.95 bits per heavy atom. The molecule has 0 saturated carbocycles. The standard InChI is InChI=1S/C14H16Cl2N4/c1-9(14-19-18-13-3-2-6-20(13)14)17-8-10-4-5-11(15)12(16)7-10/h4-5,7,9,17H,2-3,6,8H2,1H3. The summed E-state index contributed by atoms with van der Waals surface area (Å²) >= 11 is 11.9. The van der Waals surface area contributed by atoms with Crippen LogP contribution in [-0.2, 0) is 19.5 Å². The largest absolute Gasteiger partial charge is 0.314 e. The maximum Gasteiger partial charge on any atom is 0.149 e. The minimum absolute atomic E-state index is 0.156. The summed E-state index contributed by atoms with van der Waals surface area (Å²) in [5.74, 6) is 2.11. The first-order valence-electron chi connectivity index (χ1n) is 6.74. The second-order valence-corrected chi connectivity index (χ2v) is 5.90. The molecule has 0 amide bonds. The Morgan fingerprint density at radius 2 is 2.15 bits per heavy atom. The van der Waals surface area contributed by atoms with E-state index in [1.54, 1.807) is 0 Å². The maximum atomic E-state index is 6.02. The summed E-state index contributed by atoms with van der Waals surface area (Å²) in [6.45, 7) is 3.85. The van der Waals surface area contributed by atoms with Crippen LogP contribution in [0.3, 0.4) is 0 Å². The fourth-order valence-electron chi connectivity index (χ4n) is 2.51. The summed E-state index contributed by atoms with van der Waals surface area (Å²) < 4.78 is 2.21. The van der Waals surface area contributed by atoms with Gasteiger partial charge in [-0.15, -0.1) is 10.2 Å². The van der Waals surface area contributed by atoms with Crippen molar-refractivity contribution in [2.24, 2.45) is 0 Å². The van der Waals surface area contributed by atoms with Crippen LogP contribution in [0.4, 0.5) is 0 Å². The molecule has 1 N–H and O–H groups in total. The first kappa shape index (κ1) is 13.9. The van der Waals surface area contributed by atoms with Crippen molar-refractivity contribution < 1.29 is 0 Å². The molecule has 0 aliphatic carbocycles. The summed E-state index contributed by atoms with van der Waals surface area (Å²) in [4.78, 5) is 0. The van der Waals surface area contributed by atoms with Gasteiger partial charge in [0.1, 0.15) is 11.6 Å². The highest BCUT2D eigenvalue weighted by Crippen LogP contribution is 2.23. The van der Waals surface area contributed by atoms with Crippen molar-refractivity contribution in [2.45, 2.75) is 38.9 Å². The predicted molar refractivity (Wildman–Crippen MR) is 80.1 cm³/mol. The first-order valence-corrected chi connectivity index (χ1v) is 7.50. The molecule has 2 heterocycles. The molecule has 1 aliphatic heterocycles. The maximum absolute atomic E-state index is 6.02. The van der Waals surface area contributed by atoms with Gasteiger partial charge < -0.3 is 9.88 Å². The van der Waals surface area contributed by atoms with Gasteiger partial charge in [0.15, 0.2) is 0 Å². The van der Waals surface area contributed by atoms with E-state index in [0.717, 1.165) is 43.1 Å². The Bertz CT molecular complexity index is 624. The third-order valence-electron chi connectivity index (χ3n) is 3.62. The first-order chi connectivity index (χ1) is 9.65. The molecule has 2 aromatic rings. The van der Waals surface area contributed by atoms with Crippen molar-refractivity contribution in [1.82, 2.24) is 20.1 Å². The summed E-state index contributed by atoms with van der Waals surface area (Å²) in [5, 5.41) is 13.1. The molecule has 1 aromatic heterocycles. The molecule has 1 unspecified atom stereocenters. The van der Waals surface area contributed by atoms with Crippen molar-refractivity contribution in [1.29, 1.82) is 0 Å². The Kier molecular flexibility index (Phi) is 3.96. The third kappa shape index (κ3) is 2.68. The number of fused-ring (bicyclic) bond motifs is 1. The van der Waals surface area contributed by atoms with Crippen molar-refractivity contribution in [3.63, 3.8) is 0 Å². The van der Waals surface area contributed by atoms with Crippen LogP contribution in [0.2, 0.25) is 10.0 Å². The van der Waals surface area contributed by atoms with Gasteiger partial charge in [0, 0.05) is 19.5 Å². The number of hydrogen-bond acceptors (Lipinski definition) is 3. The third-order valence-corrected chi connectivity index (χ3v) is 4.36. The fourth-order valence-corrected chi connectivity index (χ4v) is 2.83. The van der Waals surface area contributed by atoms with E-state index in [2.05, 4.69) is 27.0 Å². The van der Waals surface area contributed by atoms with Crippen LogP contribution < -0.4 is 5.32 Å². The molecule has 4 nitrogen and oxygen atoms in total. The van der Waals surface area contributed by atoms with E-state index in [1.165, 1.54) is 0 Å². The lowest BCUT2D eigenvalue weighted by Gasteiger charge is -2.14. The van der Waals surface area contributed by atoms with Gasteiger partial charge in [-0.2, -0.15) is 0 Å². The lowest BCUT2D eigenvalue weighted by molar-refractivity contribution is 0.516. The van der Waals surface area contributed by atoms with E-state index in [-0.39, 0.29) is 6.04 Å². The van der Waals surface area contributed by atoms with Crippen molar-refractivity contribution in [2.75, 3.05) is 0 Å². The zero-order valence-electron chi connectivity index (χ0n) is 11.2. The van der Waals surface area contributed by atoms with Crippen LogP contribution in [0, 0.1) is 0 Å². The van der Waals surface area contributed by atoms with E-state index in [0.29, 0.717) is 10.0 Å². The molecule has 0 bridgehead atoms. The van der Waals surface area contributed by atoms with Gasteiger partial charge in [0.2, 0.25) is 0 Å². The molecular formula is C14H16Cl2N4. The topological polar surface area (TPSA) is 42.7 Å². The molecule has 6 heteroatoms. The van der Waals surface area contributed by atoms with E-state index in [1.807, 2.05) is 18.2 Å². The quantitative estimate of drug-likeness (QED) is 0.941. The van der Waals surface area contributed by atoms with Crippen LogP contribution >= 0.6 is 23.2 Å². The number of rotatable bonds is 4. The smallest absolute Gasteiger partial charge is 0.149 e. The van der Waals surface area contributed by atoms with Gasteiger partial charge in [0.05, 0.1) is 16.1 Å². The predicted octanol–water partition coefficient (Wildman–Crippen LogP) is 3.38. The minimum atomic E-state index is 0.156. The molecule has 3 rings (SSSR count). The zero-order chi connectivity index (χ0) is 14.1. The van der Waals surface area contributed by atoms with Crippen LogP contribution in [0.25, 0.3) is 0 Å². The Hall–Kier alpha value is -1.10. The summed E-state index contributed by atoms with van der Waals surface area (Å²) in [7, 11) is 0. The van der Waals surface area contributed by atoms with Crippen LogP contribution in [0.15, 0.2) is 18.2 Å². The zero-order valence-corrected chi connectivity index (χ0v) is 12.7. The second kappa shape index (κ2) is 5.72. The monoisotopic (exact) mass is 310 g/mol. The van der Waals surface area contributed by atoms with E-state index in [9.17, 15) is 0 Å². The number of benzene rings is 1. The van der Waals surface area contributed by atoms with E-state index in [4.69, 9.17) is 23.2 Å². The highest BCUT2D eigenvalue weighted by Gasteiger charge is 2.20. The van der Waals surface area contributed by atoms with Gasteiger partial charge in [-0.1, -0.05) is 29.3 Å². The van der Waals surface area contributed by atoms with E-state index < -0.39 is 0 Å². The van der Waals surface area contributed by atoms with Crippen LogP contribution in [-0.4, -0.2) is 14.8 Å². The SMILES string of the molecule is CC(NCc1ccc(Cl)c(Cl)c1)c1nnc2n1CCC2. The molecule has 106 valence electrons. The lowest BCUT2D eigenvalue weighted by Crippen LogP contribution is -2.21. The molecule has 20 heavy (non-hydrogen) atoms. The fraction of sp³-hybridized carbons (Fsp3) is 0.429. The Labute approximate surface area is 128 Å². The number of hydrogen-bond donors (Lipinski definition) is 1. The van der Waals surface area contributed by atoms with Crippen molar-refractivity contribution >= 4 is 23.2 Å². The average molecular weight is 311 g/mol.